The van der Waals surface area contributed by atoms with Gasteiger partial charge in [-0.25, -0.2) is 0 Å². The van der Waals surface area contributed by atoms with Crippen molar-refractivity contribution in [2.24, 2.45) is 4.99 Å². The summed E-state index contributed by atoms with van der Waals surface area (Å²) in [5.41, 5.74) is 2.10. The topological polar surface area (TPSA) is 45.7 Å². The first-order valence-electron chi connectivity index (χ1n) is 7.61. The van der Waals surface area contributed by atoms with Gasteiger partial charge in [0, 0.05) is 6.54 Å². The van der Waals surface area contributed by atoms with Crippen LogP contribution in [0, 0.1) is 13.8 Å². The Balaban J connectivity index is 0.00000529. The summed E-state index contributed by atoms with van der Waals surface area (Å²) in [6.45, 7) is 6.93. The number of hydrogen-bond donors (Lipinski definition) is 2. The van der Waals surface area contributed by atoms with E-state index in [1.54, 1.807) is 0 Å². The zero-order valence-corrected chi connectivity index (χ0v) is 16.5. The summed E-state index contributed by atoms with van der Waals surface area (Å²) >= 11 is 0. The molecule has 0 radical (unpaired) electrons. The Labute approximate surface area is 158 Å². The lowest BCUT2D eigenvalue weighted by atomic mass is 10.1. The van der Waals surface area contributed by atoms with Crippen molar-refractivity contribution in [3.63, 3.8) is 0 Å². The number of hydrogen-bond acceptors (Lipinski definition) is 2. The van der Waals surface area contributed by atoms with Gasteiger partial charge < -0.3 is 15.4 Å². The van der Waals surface area contributed by atoms with E-state index in [0.29, 0.717) is 25.7 Å². The summed E-state index contributed by atoms with van der Waals surface area (Å²) in [5, 5.41) is 5.87. The Morgan fingerprint density at radius 3 is 2.33 bits per heavy atom. The first kappa shape index (κ1) is 22.8. The smallest absolute Gasteiger partial charge is 0.390 e. The fourth-order valence-corrected chi connectivity index (χ4v) is 1.99. The molecule has 24 heavy (non-hydrogen) atoms. The van der Waals surface area contributed by atoms with Crippen LogP contribution in [-0.2, 0) is 0 Å². The van der Waals surface area contributed by atoms with E-state index in [4.69, 9.17) is 4.74 Å². The first-order chi connectivity index (χ1) is 10.8. The molecule has 0 aliphatic heterocycles. The van der Waals surface area contributed by atoms with Crippen LogP contribution in [0.2, 0.25) is 0 Å². The standard InChI is InChI=1S/C16H24F3N3O.HI/c1-4-20-15(21-9-8-16(17,18)19)22-10-11-23-14-12(2)6-5-7-13(14)3;/h5-7H,4,8-11H2,1-3H3,(H2,20,21,22);1H. The maximum absolute atomic E-state index is 12.1. The summed E-state index contributed by atoms with van der Waals surface area (Å²) in [5.74, 6) is 1.20. The van der Waals surface area contributed by atoms with Crippen molar-refractivity contribution in [3.8, 4) is 5.75 Å². The number of para-hydroxylation sites is 1. The third-order valence-electron chi connectivity index (χ3n) is 3.06. The van der Waals surface area contributed by atoms with Gasteiger partial charge in [0.15, 0.2) is 5.96 Å². The molecule has 0 saturated heterocycles. The van der Waals surface area contributed by atoms with Crippen molar-refractivity contribution in [1.29, 1.82) is 0 Å². The number of alkyl halides is 3. The van der Waals surface area contributed by atoms with E-state index < -0.39 is 12.6 Å². The maximum Gasteiger partial charge on any atom is 0.390 e. The van der Waals surface area contributed by atoms with Gasteiger partial charge in [0.2, 0.25) is 0 Å². The molecule has 0 aliphatic rings. The number of ether oxygens (including phenoxy) is 1. The van der Waals surface area contributed by atoms with Gasteiger partial charge in [-0.1, -0.05) is 18.2 Å². The molecule has 8 heteroatoms. The molecule has 1 aromatic rings. The van der Waals surface area contributed by atoms with Crippen LogP contribution >= 0.6 is 24.0 Å². The summed E-state index contributed by atoms with van der Waals surface area (Å²) in [6.07, 6.45) is -5.12. The summed E-state index contributed by atoms with van der Waals surface area (Å²) in [4.78, 5) is 3.90. The number of halogens is 4. The zero-order valence-electron chi connectivity index (χ0n) is 14.2. The lowest BCUT2D eigenvalue weighted by molar-refractivity contribution is -0.132. The number of aryl methyl sites for hydroxylation is 2. The number of nitrogens with one attached hydrogen (secondary N) is 2. The molecular formula is C16H25F3IN3O. The fourth-order valence-electron chi connectivity index (χ4n) is 1.99. The predicted molar refractivity (Wildman–Crippen MR) is 101 cm³/mol. The van der Waals surface area contributed by atoms with E-state index >= 15 is 0 Å². The highest BCUT2D eigenvalue weighted by atomic mass is 127. The normalized spacial score (nSPS) is 11.7. The average molecular weight is 459 g/mol. The van der Waals surface area contributed by atoms with Gasteiger partial charge in [-0.3, -0.25) is 4.99 Å². The SMILES string of the molecule is CCNC(=NCCC(F)(F)F)NCCOc1c(C)cccc1C.I. The lowest BCUT2D eigenvalue weighted by Crippen LogP contribution is -2.39. The van der Waals surface area contributed by atoms with Crippen molar-refractivity contribution in [1.82, 2.24) is 10.6 Å². The van der Waals surface area contributed by atoms with Crippen molar-refractivity contribution >= 4 is 29.9 Å². The number of nitrogens with zero attached hydrogens (tertiary/aromatic N) is 1. The van der Waals surface area contributed by atoms with Crippen LogP contribution in [0.3, 0.4) is 0 Å². The quantitative estimate of drug-likeness (QED) is 0.282. The Bertz CT molecular complexity index is 502. The molecule has 1 aromatic carbocycles. The Hall–Kier alpha value is -1.19. The molecule has 0 saturated carbocycles. The minimum Gasteiger partial charge on any atom is -0.491 e. The number of aliphatic imine (C=N–C) groups is 1. The average Bonchev–Trinajstić information content (AvgIpc) is 2.44. The molecule has 0 bridgehead atoms. The summed E-state index contributed by atoms with van der Waals surface area (Å²) in [6, 6.07) is 5.91. The molecule has 138 valence electrons. The predicted octanol–water partition coefficient (Wildman–Crippen LogP) is 3.81. The number of benzene rings is 1. The van der Waals surface area contributed by atoms with Crippen molar-refractivity contribution in [2.75, 3.05) is 26.2 Å². The largest absolute Gasteiger partial charge is 0.491 e. The second kappa shape index (κ2) is 11.4. The highest BCUT2D eigenvalue weighted by molar-refractivity contribution is 14.0. The lowest BCUT2D eigenvalue weighted by Gasteiger charge is -2.14. The summed E-state index contributed by atoms with van der Waals surface area (Å²) in [7, 11) is 0. The van der Waals surface area contributed by atoms with Crippen LogP contribution in [0.1, 0.15) is 24.5 Å². The Morgan fingerprint density at radius 1 is 1.17 bits per heavy atom. The van der Waals surface area contributed by atoms with Gasteiger partial charge in [0.25, 0.3) is 0 Å². The third-order valence-corrected chi connectivity index (χ3v) is 3.06. The van der Waals surface area contributed by atoms with Gasteiger partial charge >= 0.3 is 6.18 Å². The molecule has 0 aliphatic carbocycles. The molecule has 0 atom stereocenters. The minimum absolute atomic E-state index is 0. The molecular weight excluding hydrogens is 434 g/mol. The van der Waals surface area contributed by atoms with Crippen molar-refractivity contribution < 1.29 is 17.9 Å². The highest BCUT2D eigenvalue weighted by Gasteiger charge is 2.26. The molecule has 4 nitrogen and oxygen atoms in total. The van der Waals surface area contributed by atoms with Crippen LogP contribution in [0.5, 0.6) is 5.75 Å². The van der Waals surface area contributed by atoms with Gasteiger partial charge in [0.1, 0.15) is 12.4 Å². The van der Waals surface area contributed by atoms with Gasteiger partial charge in [-0.05, 0) is 31.9 Å². The molecule has 0 heterocycles. The van der Waals surface area contributed by atoms with E-state index in [-0.39, 0.29) is 30.5 Å². The minimum atomic E-state index is -4.19. The zero-order chi connectivity index (χ0) is 17.3. The third kappa shape index (κ3) is 9.19. The maximum atomic E-state index is 12.1. The van der Waals surface area contributed by atoms with E-state index in [1.807, 2.05) is 39.0 Å². The van der Waals surface area contributed by atoms with Gasteiger partial charge in [-0.2, -0.15) is 13.2 Å². The molecule has 0 amide bonds. The highest BCUT2D eigenvalue weighted by Crippen LogP contribution is 2.22. The van der Waals surface area contributed by atoms with Crippen LogP contribution in [0.25, 0.3) is 0 Å². The van der Waals surface area contributed by atoms with Crippen LogP contribution in [0.4, 0.5) is 13.2 Å². The van der Waals surface area contributed by atoms with E-state index in [9.17, 15) is 13.2 Å². The molecule has 0 aromatic heterocycles. The van der Waals surface area contributed by atoms with Crippen LogP contribution in [-0.4, -0.2) is 38.4 Å². The van der Waals surface area contributed by atoms with Crippen molar-refractivity contribution in [3.05, 3.63) is 29.3 Å². The van der Waals surface area contributed by atoms with E-state index in [0.717, 1.165) is 16.9 Å². The number of guanidine groups is 1. The first-order valence-corrected chi connectivity index (χ1v) is 7.61. The summed E-state index contributed by atoms with van der Waals surface area (Å²) < 4.78 is 42.1. The van der Waals surface area contributed by atoms with Gasteiger partial charge in [-0.15, -0.1) is 24.0 Å². The van der Waals surface area contributed by atoms with E-state index in [1.165, 1.54) is 0 Å². The second-order valence-corrected chi connectivity index (χ2v) is 5.12. The van der Waals surface area contributed by atoms with Crippen LogP contribution in [0.15, 0.2) is 23.2 Å². The molecule has 0 spiro atoms. The van der Waals surface area contributed by atoms with Gasteiger partial charge in [0.05, 0.1) is 19.5 Å². The molecule has 1 rings (SSSR count). The molecule has 0 fully saturated rings. The fraction of sp³-hybridized carbons (Fsp3) is 0.562. The van der Waals surface area contributed by atoms with Crippen LogP contribution < -0.4 is 15.4 Å². The molecule has 0 unspecified atom stereocenters. The van der Waals surface area contributed by atoms with E-state index in [2.05, 4.69) is 15.6 Å². The second-order valence-electron chi connectivity index (χ2n) is 5.12. The molecule has 2 N–H and O–H groups in total. The monoisotopic (exact) mass is 459 g/mol. The Kier molecular flexibility index (Phi) is 10.8. The van der Waals surface area contributed by atoms with Crippen molar-refractivity contribution in [2.45, 2.75) is 33.4 Å². The number of rotatable bonds is 7. The Morgan fingerprint density at radius 2 is 1.79 bits per heavy atom.